The summed E-state index contributed by atoms with van der Waals surface area (Å²) in [7, 11) is 0. The van der Waals surface area contributed by atoms with Gasteiger partial charge in [-0.25, -0.2) is 9.97 Å². The number of halogens is 1. The van der Waals surface area contributed by atoms with E-state index in [9.17, 15) is 0 Å². The normalized spacial score (nSPS) is 24.9. The minimum absolute atomic E-state index is 0.455. The van der Waals surface area contributed by atoms with Crippen LogP contribution in [0.1, 0.15) is 54.8 Å². The molecule has 1 atom stereocenters. The molecule has 1 unspecified atom stereocenters. The van der Waals surface area contributed by atoms with Crippen molar-refractivity contribution in [1.82, 2.24) is 9.97 Å². The topological polar surface area (TPSA) is 51.8 Å². The molecule has 1 saturated heterocycles. The molecule has 0 radical (unpaired) electrons. The Balaban J connectivity index is 1.93. The summed E-state index contributed by atoms with van der Waals surface area (Å²) < 4.78 is 0.921. The quantitative estimate of drug-likeness (QED) is 0.905. The van der Waals surface area contributed by atoms with Crippen LogP contribution in [0.5, 0.6) is 0 Å². The highest BCUT2D eigenvalue weighted by Gasteiger charge is 2.30. The minimum atomic E-state index is 0.455. The number of aromatic nitrogens is 2. The SMILES string of the molecule is Nc1nc(C2CCCCS2)nc(C2CC2)c1Br. The number of nitrogens with zero attached hydrogens (tertiary/aromatic N) is 2. The molecule has 5 heteroatoms. The zero-order valence-electron chi connectivity index (χ0n) is 9.66. The first-order chi connectivity index (χ1) is 8.25. The summed E-state index contributed by atoms with van der Waals surface area (Å²) >= 11 is 5.50. The highest BCUT2D eigenvalue weighted by Crippen LogP contribution is 2.45. The molecule has 2 aliphatic rings. The van der Waals surface area contributed by atoms with Gasteiger partial charge in [0.25, 0.3) is 0 Å². The Labute approximate surface area is 114 Å². The van der Waals surface area contributed by atoms with E-state index < -0.39 is 0 Å². The Morgan fingerprint density at radius 3 is 2.65 bits per heavy atom. The fraction of sp³-hybridized carbons (Fsp3) is 0.667. The van der Waals surface area contributed by atoms with Crippen LogP contribution >= 0.6 is 27.7 Å². The lowest BCUT2D eigenvalue weighted by molar-refractivity contribution is 0.658. The van der Waals surface area contributed by atoms with Crippen molar-refractivity contribution in [3.8, 4) is 0 Å². The maximum atomic E-state index is 5.99. The highest BCUT2D eigenvalue weighted by molar-refractivity contribution is 9.10. The maximum absolute atomic E-state index is 5.99. The first kappa shape index (κ1) is 11.8. The Morgan fingerprint density at radius 2 is 2.00 bits per heavy atom. The van der Waals surface area contributed by atoms with Crippen molar-refractivity contribution >= 4 is 33.5 Å². The van der Waals surface area contributed by atoms with Gasteiger partial charge in [0.05, 0.1) is 15.4 Å². The van der Waals surface area contributed by atoms with Gasteiger partial charge >= 0.3 is 0 Å². The number of rotatable bonds is 2. The van der Waals surface area contributed by atoms with Crippen molar-refractivity contribution in [2.24, 2.45) is 0 Å². The molecule has 0 amide bonds. The number of hydrogen-bond acceptors (Lipinski definition) is 4. The lowest BCUT2D eigenvalue weighted by atomic mass is 10.1. The van der Waals surface area contributed by atoms with Crippen LogP contribution in [-0.2, 0) is 0 Å². The van der Waals surface area contributed by atoms with Gasteiger partial charge in [-0.3, -0.25) is 0 Å². The lowest BCUT2D eigenvalue weighted by Gasteiger charge is -2.21. The lowest BCUT2D eigenvalue weighted by Crippen LogP contribution is -2.10. The van der Waals surface area contributed by atoms with Crippen molar-refractivity contribution in [2.75, 3.05) is 11.5 Å². The Kier molecular flexibility index (Phi) is 3.30. The number of thioether (sulfide) groups is 1. The van der Waals surface area contributed by atoms with Crippen LogP contribution in [0.4, 0.5) is 5.82 Å². The molecule has 0 spiro atoms. The van der Waals surface area contributed by atoms with Gasteiger partial charge in [0.1, 0.15) is 11.6 Å². The molecule has 1 aliphatic carbocycles. The highest BCUT2D eigenvalue weighted by atomic mass is 79.9. The summed E-state index contributed by atoms with van der Waals surface area (Å²) in [5.74, 6) is 3.41. The molecule has 3 nitrogen and oxygen atoms in total. The van der Waals surface area contributed by atoms with Gasteiger partial charge < -0.3 is 5.73 Å². The van der Waals surface area contributed by atoms with E-state index >= 15 is 0 Å². The van der Waals surface area contributed by atoms with Crippen molar-refractivity contribution < 1.29 is 0 Å². The Hall–Kier alpha value is -0.290. The summed E-state index contributed by atoms with van der Waals surface area (Å²) in [6.45, 7) is 0. The molecule has 0 aromatic carbocycles. The molecule has 0 bridgehead atoms. The number of hydrogen-bond donors (Lipinski definition) is 1. The first-order valence-corrected chi connectivity index (χ1v) is 8.04. The predicted molar refractivity (Wildman–Crippen MR) is 75.2 cm³/mol. The second-order valence-electron chi connectivity index (χ2n) is 4.80. The number of anilines is 1. The van der Waals surface area contributed by atoms with Crippen LogP contribution < -0.4 is 5.73 Å². The summed E-state index contributed by atoms with van der Waals surface area (Å²) in [5.41, 5.74) is 7.12. The molecule has 2 fully saturated rings. The van der Waals surface area contributed by atoms with E-state index in [0.29, 0.717) is 17.0 Å². The zero-order chi connectivity index (χ0) is 11.8. The molecule has 3 rings (SSSR count). The molecular formula is C12H16BrN3S. The first-order valence-electron chi connectivity index (χ1n) is 6.20. The predicted octanol–water partition coefficient (Wildman–Crippen LogP) is 3.66. The van der Waals surface area contributed by atoms with Gasteiger partial charge in [-0.15, -0.1) is 0 Å². The zero-order valence-corrected chi connectivity index (χ0v) is 12.1. The Morgan fingerprint density at radius 1 is 1.18 bits per heavy atom. The monoisotopic (exact) mass is 313 g/mol. The van der Waals surface area contributed by atoms with Crippen LogP contribution in [0, 0.1) is 0 Å². The van der Waals surface area contributed by atoms with E-state index in [-0.39, 0.29) is 0 Å². The second kappa shape index (κ2) is 4.76. The van der Waals surface area contributed by atoms with E-state index in [1.54, 1.807) is 0 Å². The minimum Gasteiger partial charge on any atom is -0.383 e. The number of nitrogen functional groups attached to an aromatic ring is 1. The molecular weight excluding hydrogens is 298 g/mol. The van der Waals surface area contributed by atoms with E-state index in [2.05, 4.69) is 20.9 Å². The third-order valence-electron chi connectivity index (χ3n) is 3.35. The smallest absolute Gasteiger partial charge is 0.144 e. The van der Waals surface area contributed by atoms with Crippen molar-refractivity contribution in [2.45, 2.75) is 43.3 Å². The third kappa shape index (κ3) is 2.45. The third-order valence-corrected chi connectivity index (χ3v) is 5.54. The molecule has 1 saturated carbocycles. The average molecular weight is 314 g/mol. The van der Waals surface area contributed by atoms with Crippen LogP contribution in [0.15, 0.2) is 4.47 Å². The van der Waals surface area contributed by atoms with E-state index in [4.69, 9.17) is 10.7 Å². The fourth-order valence-electron chi connectivity index (χ4n) is 2.22. The summed E-state index contributed by atoms with van der Waals surface area (Å²) in [6, 6.07) is 0. The van der Waals surface area contributed by atoms with Gasteiger partial charge in [0.15, 0.2) is 0 Å². The maximum Gasteiger partial charge on any atom is 0.144 e. The average Bonchev–Trinajstić information content (AvgIpc) is 3.18. The van der Waals surface area contributed by atoms with Crippen molar-refractivity contribution in [1.29, 1.82) is 0 Å². The van der Waals surface area contributed by atoms with Gasteiger partial charge in [-0.05, 0) is 47.4 Å². The molecule has 1 aliphatic heterocycles. The summed E-state index contributed by atoms with van der Waals surface area (Å²) in [4.78, 5) is 9.23. The standard InChI is InChI=1S/C12H16BrN3S/c13-9-10(7-4-5-7)15-12(16-11(9)14)8-3-1-2-6-17-8/h7-8H,1-6H2,(H2,14,15,16). The fourth-order valence-corrected chi connectivity index (χ4v) is 3.96. The van der Waals surface area contributed by atoms with Gasteiger partial charge in [-0.1, -0.05) is 6.42 Å². The van der Waals surface area contributed by atoms with Crippen molar-refractivity contribution in [3.63, 3.8) is 0 Å². The van der Waals surface area contributed by atoms with E-state index in [0.717, 1.165) is 16.0 Å². The van der Waals surface area contributed by atoms with Crippen molar-refractivity contribution in [3.05, 3.63) is 16.0 Å². The van der Waals surface area contributed by atoms with Crippen LogP contribution in [0.2, 0.25) is 0 Å². The molecule has 17 heavy (non-hydrogen) atoms. The van der Waals surface area contributed by atoms with E-state index in [1.165, 1.54) is 37.9 Å². The second-order valence-corrected chi connectivity index (χ2v) is 6.90. The largest absolute Gasteiger partial charge is 0.383 e. The summed E-state index contributed by atoms with van der Waals surface area (Å²) in [5, 5.41) is 0.455. The van der Waals surface area contributed by atoms with Crippen LogP contribution in [-0.4, -0.2) is 15.7 Å². The van der Waals surface area contributed by atoms with Gasteiger partial charge in [0.2, 0.25) is 0 Å². The van der Waals surface area contributed by atoms with Crippen LogP contribution in [0.3, 0.4) is 0 Å². The summed E-state index contributed by atoms with van der Waals surface area (Å²) in [6.07, 6.45) is 6.28. The van der Waals surface area contributed by atoms with E-state index in [1.807, 2.05) is 11.8 Å². The molecule has 92 valence electrons. The Bertz CT molecular complexity index is 428. The molecule has 1 aromatic heterocycles. The molecule has 2 heterocycles. The van der Waals surface area contributed by atoms with Gasteiger partial charge in [0, 0.05) is 5.92 Å². The number of nitrogens with two attached hydrogens (primary N) is 1. The molecule has 1 aromatic rings. The van der Waals surface area contributed by atoms with Gasteiger partial charge in [-0.2, -0.15) is 11.8 Å². The van der Waals surface area contributed by atoms with Crippen LogP contribution in [0.25, 0.3) is 0 Å². The molecule has 2 N–H and O–H groups in total.